The number of nitrogens with two attached hydrogens (primary N) is 1. The molecule has 0 aliphatic heterocycles. The van der Waals surface area contributed by atoms with E-state index in [0.717, 1.165) is 5.56 Å². The minimum absolute atomic E-state index is 0.0381. The van der Waals surface area contributed by atoms with Gasteiger partial charge in [-0.15, -0.1) is 0 Å². The number of aliphatic carboxylic acids is 1. The summed E-state index contributed by atoms with van der Waals surface area (Å²) in [6, 6.07) is 2.16. The summed E-state index contributed by atoms with van der Waals surface area (Å²) in [5.74, 6) is -1.14. The van der Waals surface area contributed by atoms with E-state index in [1.807, 2.05) is 0 Å². The van der Waals surface area contributed by atoms with Crippen LogP contribution in [0.15, 0.2) is 18.3 Å². The molecule has 4 N–H and O–H groups in total. The number of H-pyrrole nitrogens is 1. The maximum atomic E-state index is 11.1. The van der Waals surface area contributed by atoms with Crippen LogP contribution in [-0.4, -0.2) is 27.0 Å². The smallest absolute Gasteiger partial charge is 0.320 e. The van der Waals surface area contributed by atoms with Crippen LogP contribution in [0.25, 0.3) is 10.9 Å². The monoisotopic (exact) mass is 263 g/mol. The van der Waals surface area contributed by atoms with Gasteiger partial charge in [0.25, 0.3) is 5.69 Å². The fourth-order valence-corrected chi connectivity index (χ4v) is 2.08. The highest BCUT2D eigenvalue weighted by atomic mass is 16.6. The highest BCUT2D eigenvalue weighted by Crippen LogP contribution is 2.30. The van der Waals surface area contributed by atoms with Crippen LogP contribution in [0.3, 0.4) is 0 Å². The van der Waals surface area contributed by atoms with Gasteiger partial charge in [-0.25, -0.2) is 0 Å². The van der Waals surface area contributed by atoms with Crippen molar-refractivity contribution >= 4 is 22.6 Å². The molecule has 0 unspecified atom stereocenters. The highest BCUT2D eigenvalue weighted by molar-refractivity contribution is 5.93. The number of nitrogens with zero attached hydrogens (tertiary/aromatic N) is 1. The number of aromatic amines is 1. The van der Waals surface area contributed by atoms with Crippen molar-refractivity contribution in [3.63, 3.8) is 0 Å². The van der Waals surface area contributed by atoms with Crippen LogP contribution in [0.4, 0.5) is 5.69 Å². The number of rotatable bonds is 4. The first kappa shape index (κ1) is 13.0. The zero-order valence-corrected chi connectivity index (χ0v) is 10.2. The molecule has 2 aromatic rings. The SMILES string of the molecule is Cc1cc([N+](=O)[O-])c2c(C[C@H](N)C(=O)O)c[nH]c2c1. The molecule has 2 rings (SSSR count). The molecular formula is C12H13N3O4. The number of aromatic nitrogens is 1. The maximum absolute atomic E-state index is 11.1. The van der Waals surface area contributed by atoms with Crippen molar-refractivity contribution in [2.45, 2.75) is 19.4 Å². The Hall–Kier alpha value is -2.41. The largest absolute Gasteiger partial charge is 0.480 e. The van der Waals surface area contributed by atoms with Gasteiger partial charge in [0, 0.05) is 18.7 Å². The summed E-state index contributed by atoms with van der Waals surface area (Å²) in [4.78, 5) is 24.3. The number of carboxylic acid groups (broad SMARTS) is 1. The summed E-state index contributed by atoms with van der Waals surface area (Å²) in [6.45, 7) is 1.76. The van der Waals surface area contributed by atoms with E-state index >= 15 is 0 Å². The minimum Gasteiger partial charge on any atom is -0.480 e. The molecule has 0 fully saturated rings. The summed E-state index contributed by atoms with van der Waals surface area (Å²) in [5, 5.41) is 20.3. The van der Waals surface area contributed by atoms with Crippen LogP contribution in [0.5, 0.6) is 0 Å². The first-order chi connectivity index (χ1) is 8.90. The van der Waals surface area contributed by atoms with Crippen molar-refractivity contribution in [2.75, 3.05) is 0 Å². The standard InChI is InChI=1S/C12H13N3O4/c1-6-2-9-11(10(3-6)15(18)19)7(5-14-9)4-8(13)12(16)17/h2-3,5,8,14H,4,13H2,1H3,(H,16,17)/t8-/m0/s1. The molecule has 1 aromatic carbocycles. The predicted molar refractivity (Wildman–Crippen MR) is 69.0 cm³/mol. The van der Waals surface area contributed by atoms with Crippen LogP contribution in [0.1, 0.15) is 11.1 Å². The topological polar surface area (TPSA) is 122 Å². The molecule has 1 aromatic heterocycles. The number of fused-ring (bicyclic) bond motifs is 1. The molecule has 0 bridgehead atoms. The third-order valence-corrected chi connectivity index (χ3v) is 2.94. The maximum Gasteiger partial charge on any atom is 0.320 e. The third kappa shape index (κ3) is 2.41. The van der Waals surface area contributed by atoms with Crippen molar-refractivity contribution in [2.24, 2.45) is 5.73 Å². The molecule has 0 aliphatic rings. The van der Waals surface area contributed by atoms with Gasteiger partial charge in [0.2, 0.25) is 0 Å². The average molecular weight is 263 g/mol. The zero-order chi connectivity index (χ0) is 14.2. The number of benzene rings is 1. The summed E-state index contributed by atoms with van der Waals surface area (Å²) in [7, 11) is 0. The van der Waals surface area contributed by atoms with Gasteiger partial charge in [-0.1, -0.05) is 0 Å². The molecule has 0 spiro atoms. The first-order valence-corrected chi connectivity index (χ1v) is 5.63. The number of hydrogen-bond donors (Lipinski definition) is 3. The Morgan fingerprint density at radius 1 is 1.58 bits per heavy atom. The molecule has 0 aliphatic carbocycles. The lowest BCUT2D eigenvalue weighted by Gasteiger charge is -2.05. The van der Waals surface area contributed by atoms with Gasteiger partial charge in [0.15, 0.2) is 0 Å². The van der Waals surface area contributed by atoms with E-state index in [-0.39, 0.29) is 12.1 Å². The van der Waals surface area contributed by atoms with Crippen molar-refractivity contribution < 1.29 is 14.8 Å². The lowest BCUT2D eigenvalue weighted by molar-refractivity contribution is -0.383. The van der Waals surface area contributed by atoms with Crippen molar-refractivity contribution in [1.82, 2.24) is 4.98 Å². The summed E-state index contributed by atoms with van der Waals surface area (Å²) in [6.07, 6.45) is 1.61. The van der Waals surface area contributed by atoms with Crippen LogP contribution >= 0.6 is 0 Å². The lowest BCUT2D eigenvalue weighted by atomic mass is 10.0. The number of carboxylic acids is 1. The fraction of sp³-hybridized carbons (Fsp3) is 0.250. The summed E-state index contributed by atoms with van der Waals surface area (Å²) in [5.41, 5.74) is 7.34. The van der Waals surface area contributed by atoms with Crippen LogP contribution < -0.4 is 5.73 Å². The second-order valence-electron chi connectivity index (χ2n) is 4.43. The Bertz CT molecular complexity index is 662. The van der Waals surface area contributed by atoms with Crippen LogP contribution in [0, 0.1) is 17.0 Å². The van der Waals surface area contributed by atoms with E-state index in [9.17, 15) is 14.9 Å². The van der Waals surface area contributed by atoms with Crippen molar-refractivity contribution in [3.8, 4) is 0 Å². The van der Waals surface area contributed by atoms with Gasteiger partial charge in [0.05, 0.1) is 15.8 Å². The second-order valence-corrected chi connectivity index (χ2v) is 4.43. The zero-order valence-electron chi connectivity index (χ0n) is 10.2. The van der Waals surface area contributed by atoms with Crippen molar-refractivity contribution in [1.29, 1.82) is 0 Å². The van der Waals surface area contributed by atoms with E-state index < -0.39 is 16.9 Å². The Kier molecular flexibility index (Phi) is 3.22. The average Bonchev–Trinajstić information content (AvgIpc) is 2.70. The number of carbonyl (C=O) groups is 1. The van der Waals surface area contributed by atoms with E-state index in [2.05, 4.69) is 4.98 Å². The summed E-state index contributed by atoms with van der Waals surface area (Å²) < 4.78 is 0. The molecule has 7 nitrogen and oxygen atoms in total. The van der Waals surface area contributed by atoms with Crippen molar-refractivity contribution in [3.05, 3.63) is 39.6 Å². The molecule has 0 amide bonds. The summed E-state index contributed by atoms with van der Waals surface area (Å²) >= 11 is 0. The normalized spacial score (nSPS) is 12.5. The van der Waals surface area contributed by atoms with Gasteiger partial charge >= 0.3 is 5.97 Å². The highest BCUT2D eigenvalue weighted by Gasteiger charge is 2.21. The number of nitro benzene ring substituents is 1. The molecule has 1 atom stereocenters. The fourth-order valence-electron chi connectivity index (χ4n) is 2.08. The Labute approximate surface area is 108 Å². The molecule has 0 saturated carbocycles. The van der Waals surface area contributed by atoms with E-state index in [4.69, 9.17) is 10.8 Å². The lowest BCUT2D eigenvalue weighted by Crippen LogP contribution is -2.32. The number of nitrogens with one attached hydrogen (secondary N) is 1. The number of aryl methyl sites for hydroxylation is 1. The van der Waals surface area contributed by atoms with Gasteiger partial charge in [-0.3, -0.25) is 14.9 Å². The Balaban J connectivity index is 2.57. The molecule has 1 heterocycles. The second kappa shape index (κ2) is 4.69. The molecular weight excluding hydrogens is 250 g/mol. The van der Waals surface area contributed by atoms with E-state index in [1.165, 1.54) is 6.07 Å². The number of nitro groups is 1. The third-order valence-electron chi connectivity index (χ3n) is 2.94. The van der Waals surface area contributed by atoms with Crippen LogP contribution in [-0.2, 0) is 11.2 Å². The molecule has 19 heavy (non-hydrogen) atoms. The van der Waals surface area contributed by atoms with Crippen LogP contribution in [0.2, 0.25) is 0 Å². The number of non-ortho nitro benzene ring substituents is 1. The molecule has 0 radical (unpaired) electrons. The van der Waals surface area contributed by atoms with Gasteiger partial charge in [-0.05, 0) is 24.1 Å². The molecule has 100 valence electrons. The minimum atomic E-state index is -1.14. The van der Waals surface area contributed by atoms with Gasteiger partial charge in [0.1, 0.15) is 6.04 Å². The first-order valence-electron chi connectivity index (χ1n) is 5.63. The molecule has 7 heteroatoms. The number of hydrogen-bond acceptors (Lipinski definition) is 4. The van der Waals surface area contributed by atoms with E-state index in [1.54, 1.807) is 19.2 Å². The Morgan fingerprint density at radius 3 is 2.84 bits per heavy atom. The van der Waals surface area contributed by atoms with E-state index in [0.29, 0.717) is 16.5 Å². The quantitative estimate of drug-likeness (QED) is 0.567. The molecule has 0 saturated heterocycles. The predicted octanol–water partition coefficient (Wildman–Crippen LogP) is 1.34. The Morgan fingerprint density at radius 2 is 2.26 bits per heavy atom. The van der Waals surface area contributed by atoms with Gasteiger partial charge < -0.3 is 15.8 Å². The van der Waals surface area contributed by atoms with Gasteiger partial charge in [-0.2, -0.15) is 0 Å².